The van der Waals surface area contributed by atoms with Crippen molar-refractivity contribution in [3.8, 4) is 0 Å². The van der Waals surface area contributed by atoms with Gasteiger partial charge < -0.3 is 40.5 Å². The van der Waals surface area contributed by atoms with E-state index in [0.717, 1.165) is 6.61 Å². The lowest BCUT2D eigenvalue weighted by Gasteiger charge is -2.23. The third kappa shape index (κ3) is 7.56. The van der Waals surface area contributed by atoms with Gasteiger partial charge in [0.25, 0.3) is 0 Å². The summed E-state index contributed by atoms with van der Waals surface area (Å²) >= 11 is 0. The standard InChI is InChI=1S/C7H16O5Si.C4H12O4Si/c1-8-13(9-2,10-3)6-11-4-7-5-12-7;1-5-9(6-2,7-3)8-4/h7H,4-6H2,1-3H3;1-4H3. The summed E-state index contributed by atoms with van der Waals surface area (Å²) in [6, 6.07) is 0. The van der Waals surface area contributed by atoms with Crippen LogP contribution in [0.15, 0.2) is 0 Å². The summed E-state index contributed by atoms with van der Waals surface area (Å²) in [6.45, 7) is 1.38. The van der Waals surface area contributed by atoms with Gasteiger partial charge in [0.05, 0.1) is 13.2 Å². The maximum atomic E-state index is 5.36. The summed E-state index contributed by atoms with van der Waals surface area (Å²) in [6.07, 6.45) is 0.633. The molecule has 1 aliphatic heterocycles. The van der Waals surface area contributed by atoms with Crippen LogP contribution in [0.4, 0.5) is 0 Å². The van der Waals surface area contributed by atoms with Gasteiger partial charge in [0, 0.05) is 49.8 Å². The monoisotopic (exact) mass is 360 g/mol. The molecule has 0 bridgehead atoms. The van der Waals surface area contributed by atoms with Crippen molar-refractivity contribution < 1.29 is 40.5 Å². The minimum atomic E-state index is -2.69. The first-order chi connectivity index (χ1) is 10.5. The predicted octanol–water partition coefficient (Wildman–Crippen LogP) is -0.173. The molecule has 1 saturated heterocycles. The Balaban J connectivity index is 0.000000433. The maximum Gasteiger partial charge on any atom is 0.678 e. The highest BCUT2D eigenvalue weighted by Crippen LogP contribution is 2.11. The van der Waals surface area contributed by atoms with Gasteiger partial charge in [-0.15, -0.1) is 0 Å². The van der Waals surface area contributed by atoms with Crippen LogP contribution in [0.25, 0.3) is 0 Å². The Labute approximate surface area is 134 Å². The third-order valence-corrected chi connectivity index (χ3v) is 7.34. The van der Waals surface area contributed by atoms with E-state index in [1.807, 2.05) is 0 Å². The smallest absolute Gasteiger partial charge is 0.375 e. The molecule has 9 nitrogen and oxygen atoms in total. The molecule has 1 rings (SSSR count). The van der Waals surface area contributed by atoms with Crippen LogP contribution in [-0.4, -0.2) is 93.2 Å². The highest BCUT2D eigenvalue weighted by atomic mass is 28.4. The van der Waals surface area contributed by atoms with Crippen LogP contribution in [-0.2, 0) is 40.5 Å². The molecule has 1 unspecified atom stereocenters. The second kappa shape index (κ2) is 11.6. The zero-order chi connectivity index (χ0) is 17.1. The summed E-state index contributed by atoms with van der Waals surface area (Å²) in [5, 5.41) is 0. The van der Waals surface area contributed by atoms with Crippen molar-refractivity contribution in [2.75, 3.05) is 69.2 Å². The zero-order valence-corrected chi connectivity index (χ0v) is 16.4. The number of epoxide rings is 1. The van der Waals surface area contributed by atoms with Crippen LogP contribution >= 0.6 is 0 Å². The average Bonchev–Trinajstić information content (AvgIpc) is 3.40. The van der Waals surface area contributed by atoms with E-state index in [9.17, 15) is 0 Å². The van der Waals surface area contributed by atoms with Gasteiger partial charge in [-0.1, -0.05) is 0 Å². The van der Waals surface area contributed by atoms with Gasteiger partial charge in [0.15, 0.2) is 0 Å². The van der Waals surface area contributed by atoms with E-state index in [1.165, 1.54) is 28.4 Å². The van der Waals surface area contributed by atoms with Crippen molar-refractivity contribution in [1.82, 2.24) is 0 Å². The van der Waals surface area contributed by atoms with E-state index >= 15 is 0 Å². The van der Waals surface area contributed by atoms with Crippen molar-refractivity contribution in [2.24, 2.45) is 0 Å². The fourth-order valence-electron chi connectivity index (χ4n) is 1.41. The Hall–Kier alpha value is 0.0738. The Bertz CT molecular complexity index is 245. The quantitative estimate of drug-likeness (QED) is 0.368. The number of hydrogen-bond donors (Lipinski definition) is 0. The van der Waals surface area contributed by atoms with E-state index in [2.05, 4.69) is 0 Å². The SMILES string of the molecule is CO[Si](COCC1CO1)(OC)OC.CO[Si](OC)(OC)OC. The maximum absolute atomic E-state index is 5.36. The van der Waals surface area contributed by atoms with E-state index in [1.54, 1.807) is 21.3 Å². The summed E-state index contributed by atoms with van der Waals surface area (Å²) < 4.78 is 45.3. The molecule has 1 fully saturated rings. The summed E-state index contributed by atoms with van der Waals surface area (Å²) in [5.41, 5.74) is 0. The predicted molar refractivity (Wildman–Crippen MR) is 81.1 cm³/mol. The number of hydrogen-bond acceptors (Lipinski definition) is 9. The molecular weight excluding hydrogens is 332 g/mol. The third-order valence-electron chi connectivity index (χ3n) is 2.92. The molecule has 0 aliphatic carbocycles. The molecular formula is C11H28O9Si2. The van der Waals surface area contributed by atoms with Gasteiger partial charge in [-0.2, -0.15) is 0 Å². The first kappa shape index (κ1) is 22.1. The van der Waals surface area contributed by atoms with Crippen LogP contribution in [0.3, 0.4) is 0 Å². The van der Waals surface area contributed by atoms with Gasteiger partial charge in [-0.05, 0) is 0 Å². The zero-order valence-electron chi connectivity index (χ0n) is 14.4. The first-order valence-electron chi connectivity index (χ1n) is 6.56. The lowest BCUT2D eigenvalue weighted by atomic mass is 10.5. The number of rotatable bonds is 11. The van der Waals surface area contributed by atoms with Crippen LogP contribution in [0.2, 0.25) is 0 Å². The van der Waals surface area contributed by atoms with Crippen LogP contribution in [0, 0.1) is 0 Å². The fourth-order valence-corrected chi connectivity index (χ4v) is 3.63. The van der Waals surface area contributed by atoms with Gasteiger partial charge in [0.2, 0.25) is 0 Å². The Morgan fingerprint density at radius 3 is 1.41 bits per heavy atom. The van der Waals surface area contributed by atoms with Crippen molar-refractivity contribution in [1.29, 1.82) is 0 Å². The lowest BCUT2D eigenvalue weighted by Crippen LogP contribution is -2.48. The summed E-state index contributed by atoms with van der Waals surface area (Å²) in [4.78, 5) is 0. The van der Waals surface area contributed by atoms with E-state index in [0.29, 0.717) is 12.8 Å². The topological polar surface area (TPSA) is 86.4 Å². The summed E-state index contributed by atoms with van der Waals surface area (Å²) in [7, 11) is 5.43. The minimum Gasteiger partial charge on any atom is -0.375 e. The second-order valence-electron chi connectivity index (χ2n) is 4.08. The van der Waals surface area contributed by atoms with Crippen LogP contribution in [0.1, 0.15) is 0 Å². The Kier molecular flexibility index (Phi) is 11.6. The Morgan fingerprint density at radius 1 is 0.773 bits per heavy atom. The molecule has 0 amide bonds. The van der Waals surface area contributed by atoms with Crippen LogP contribution < -0.4 is 0 Å². The molecule has 1 atom stereocenters. The van der Waals surface area contributed by atoms with Gasteiger partial charge in [0.1, 0.15) is 12.3 Å². The minimum absolute atomic E-state index is 0.261. The Morgan fingerprint density at radius 2 is 1.18 bits per heavy atom. The highest BCUT2D eigenvalue weighted by molar-refractivity contribution is 6.60. The normalized spacial score (nSPS) is 17.9. The molecule has 22 heavy (non-hydrogen) atoms. The molecule has 1 heterocycles. The van der Waals surface area contributed by atoms with Gasteiger partial charge in [-0.3, -0.25) is 0 Å². The van der Waals surface area contributed by atoms with Crippen molar-refractivity contribution in [3.63, 3.8) is 0 Å². The van der Waals surface area contributed by atoms with E-state index in [-0.39, 0.29) is 6.10 Å². The van der Waals surface area contributed by atoms with Crippen LogP contribution in [0.5, 0.6) is 0 Å². The molecule has 0 radical (unpaired) electrons. The summed E-state index contributed by atoms with van der Waals surface area (Å²) in [5.74, 6) is 0. The molecule has 1 aliphatic rings. The molecule has 11 heteroatoms. The van der Waals surface area contributed by atoms with Gasteiger partial charge in [-0.25, -0.2) is 0 Å². The molecule has 0 aromatic heterocycles. The molecule has 0 spiro atoms. The lowest BCUT2D eigenvalue weighted by molar-refractivity contribution is 0.0226. The molecule has 0 saturated carbocycles. The average molecular weight is 361 g/mol. The molecule has 0 aromatic rings. The van der Waals surface area contributed by atoms with Crippen molar-refractivity contribution in [2.45, 2.75) is 6.10 Å². The first-order valence-corrected chi connectivity index (χ1v) is 10.1. The molecule has 0 N–H and O–H groups in total. The van der Waals surface area contributed by atoms with E-state index in [4.69, 9.17) is 40.5 Å². The number of ether oxygens (including phenoxy) is 2. The van der Waals surface area contributed by atoms with Gasteiger partial charge >= 0.3 is 17.9 Å². The van der Waals surface area contributed by atoms with Crippen molar-refractivity contribution in [3.05, 3.63) is 0 Å². The fraction of sp³-hybridized carbons (Fsp3) is 1.00. The second-order valence-corrected chi connectivity index (χ2v) is 9.59. The molecule has 134 valence electrons. The van der Waals surface area contributed by atoms with Crippen molar-refractivity contribution >= 4 is 17.9 Å². The van der Waals surface area contributed by atoms with E-state index < -0.39 is 17.9 Å². The molecule has 0 aromatic carbocycles. The highest BCUT2D eigenvalue weighted by Gasteiger charge is 2.40. The largest absolute Gasteiger partial charge is 0.678 e.